The van der Waals surface area contributed by atoms with Crippen LogP contribution in [-0.4, -0.2) is 29.6 Å². The fourth-order valence-corrected chi connectivity index (χ4v) is 2.83. The molecule has 0 aliphatic heterocycles. The van der Waals surface area contributed by atoms with E-state index in [0.29, 0.717) is 16.9 Å². The van der Waals surface area contributed by atoms with Crippen LogP contribution in [0.3, 0.4) is 0 Å². The number of amides is 2. The van der Waals surface area contributed by atoms with Gasteiger partial charge in [0.2, 0.25) is 5.91 Å². The Balaban J connectivity index is 1.79. The minimum Gasteiger partial charge on any atom is -0.490 e. The summed E-state index contributed by atoms with van der Waals surface area (Å²) in [5.41, 5.74) is 5.67. The molecule has 0 bridgehead atoms. The average molecular weight is 375 g/mol. The summed E-state index contributed by atoms with van der Waals surface area (Å²) in [5, 5.41) is 11.0. The van der Waals surface area contributed by atoms with Gasteiger partial charge in [0, 0.05) is 17.4 Å². The number of nitrogens with zero attached hydrogens (tertiary/aromatic N) is 1. The molecule has 0 aromatic heterocycles. The zero-order chi connectivity index (χ0) is 18.9. The van der Waals surface area contributed by atoms with E-state index in [1.54, 1.807) is 36.4 Å². The molecule has 136 valence electrons. The summed E-state index contributed by atoms with van der Waals surface area (Å²) in [5.74, 6) is -0.0955. The summed E-state index contributed by atoms with van der Waals surface area (Å²) in [6.45, 7) is 0. The van der Waals surface area contributed by atoms with E-state index in [2.05, 4.69) is 10.9 Å². The number of carbonyl (C=O) groups is 2. The van der Waals surface area contributed by atoms with Gasteiger partial charge >= 0.3 is 5.69 Å². The van der Waals surface area contributed by atoms with Gasteiger partial charge in [-0.3, -0.25) is 30.6 Å². The summed E-state index contributed by atoms with van der Waals surface area (Å²) in [7, 11) is 1.37. The number of thioether (sulfide) groups is 1. The topological polar surface area (TPSA) is 111 Å². The zero-order valence-corrected chi connectivity index (χ0v) is 14.7. The smallest absolute Gasteiger partial charge is 0.311 e. The fourth-order valence-electron chi connectivity index (χ4n) is 2.05. The highest BCUT2D eigenvalue weighted by molar-refractivity contribution is 7.99. The van der Waals surface area contributed by atoms with Gasteiger partial charge in [0.15, 0.2) is 5.75 Å². The normalized spacial score (nSPS) is 10.0. The van der Waals surface area contributed by atoms with E-state index < -0.39 is 10.8 Å². The van der Waals surface area contributed by atoms with Crippen LogP contribution in [0.1, 0.15) is 15.9 Å². The SMILES string of the molecule is COc1ccc(CSCC(=O)NNC(=O)c2ccccc2)cc1[N+](=O)[O-]. The van der Waals surface area contributed by atoms with Crippen LogP contribution in [0.5, 0.6) is 5.75 Å². The fraction of sp³-hybridized carbons (Fsp3) is 0.176. The van der Waals surface area contributed by atoms with Crippen LogP contribution in [-0.2, 0) is 10.5 Å². The van der Waals surface area contributed by atoms with Gasteiger partial charge in [-0.05, 0) is 23.8 Å². The Morgan fingerprint density at radius 2 is 1.88 bits per heavy atom. The van der Waals surface area contributed by atoms with Crippen LogP contribution in [0, 0.1) is 10.1 Å². The summed E-state index contributed by atoms with van der Waals surface area (Å²) in [6.07, 6.45) is 0. The van der Waals surface area contributed by atoms with Crippen LogP contribution in [0.2, 0.25) is 0 Å². The second kappa shape index (κ2) is 9.42. The largest absolute Gasteiger partial charge is 0.490 e. The highest BCUT2D eigenvalue weighted by Crippen LogP contribution is 2.28. The van der Waals surface area contributed by atoms with Crippen molar-refractivity contribution in [1.29, 1.82) is 0 Å². The predicted octanol–water partition coefficient (Wildman–Crippen LogP) is 2.30. The monoisotopic (exact) mass is 375 g/mol. The Labute approximate surface area is 154 Å². The third-order valence-electron chi connectivity index (χ3n) is 3.29. The molecular weight excluding hydrogens is 358 g/mol. The van der Waals surface area contributed by atoms with Crippen LogP contribution >= 0.6 is 11.8 Å². The highest BCUT2D eigenvalue weighted by Gasteiger charge is 2.15. The first-order chi connectivity index (χ1) is 12.5. The van der Waals surface area contributed by atoms with Crippen molar-refractivity contribution in [1.82, 2.24) is 10.9 Å². The lowest BCUT2D eigenvalue weighted by atomic mass is 10.2. The standard InChI is InChI=1S/C17H17N3O5S/c1-25-15-8-7-12(9-14(15)20(23)24)10-26-11-16(21)18-19-17(22)13-5-3-2-4-6-13/h2-9H,10-11H2,1H3,(H,18,21)(H,19,22). The number of benzene rings is 2. The molecule has 0 radical (unpaired) electrons. The predicted molar refractivity (Wildman–Crippen MR) is 97.9 cm³/mol. The Bertz CT molecular complexity index is 798. The average Bonchev–Trinajstić information content (AvgIpc) is 2.66. The van der Waals surface area contributed by atoms with Crippen molar-refractivity contribution in [2.45, 2.75) is 5.75 Å². The maximum Gasteiger partial charge on any atom is 0.311 e. The van der Waals surface area contributed by atoms with E-state index in [-0.39, 0.29) is 23.1 Å². The number of hydrogen-bond acceptors (Lipinski definition) is 6. The van der Waals surface area contributed by atoms with E-state index in [0.717, 1.165) is 0 Å². The van der Waals surface area contributed by atoms with Gasteiger partial charge in [0.25, 0.3) is 5.91 Å². The summed E-state index contributed by atoms with van der Waals surface area (Å²) >= 11 is 1.27. The first-order valence-corrected chi connectivity index (χ1v) is 8.70. The molecule has 2 amide bonds. The Hall–Kier alpha value is -3.07. The van der Waals surface area contributed by atoms with Crippen molar-refractivity contribution >= 4 is 29.3 Å². The van der Waals surface area contributed by atoms with Gasteiger partial charge in [-0.2, -0.15) is 0 Å². The molecule has 0 spiro atoms. The molecular formula is C17H17N3O5S. The lowest BCUT2D eigenvalue weighted by Gasteiger charge is -2.08. The lowest BCUT2D eigenvalue weighted by molar-refractivity contribution is -0.385. The highest BCUT2D eigenvalue weighted by atomic mass is 32.2. The summed E-state index contributed by atoms with van der Waals surface area (Å²) in [6, 6.07) is 13.1. The molecule has 26 heavy (non-hydrogen) atoms. The number of carbonyl (C=O) groups excluding carboxylic acids is 2. The number of nitro benzene ring substituents is 1. The van der Waals surface area contributed by atoms with E-state index in [1.165, 1.54) is 31.0 Å². The minimum atomic E-state index is -0.515. The Morgan fingerprint density at radius 1 is 1.15 bits per heavy atom. The molecule has 0 fully saturated rings. The number of nitrogens with one attached hydrogen (secondary N) is 2. The quantitative estimate of drug-likeness (QED) is 0.567. The van der Waals surface area contributed by atoms with Crippen molar-refractivity contribution in [2.24, 2.45) is 0 Å². The van der Waals surface area contributed by atoms with Crippen molar-refractivity contribution in [3.05, 3.63) is 69.8 Å². The third kappa shape index (κ3) is 5.49. The molecule has 2 aromatic carbocycles. The van der Waals surface area contributed by atoms with E-state index in [4.69, 9.17) is 4.74 Å². The van der Waals surface area contributed by atoms with Gasteiger partial charge in [-0.15, -0.1) is 11.8 Å². The second-order valence-electron chi connectivity index (χ2n) is 5.12. The first kappa shape index (κ1) is 19.3. The Morgan fingerprint density at radius 3 is 2.54 bits per heavy atom. The minimum absolute atomic E-state index is 0.0922. The second-order valence-corrected chi connectivity index (χ2v) is 6.11. The van der Waals surface area contributed by atoms with E-state index in [1.807, 2.05) is 0 Å². The number of methoxy groups -OCH3 is 1. The first-order valence-electron chi connectivity index (χ1n) is 7.54. The molecule has 2 aromatic rings. The summed E-state index contributed by atoms with van der Waals surface area (Å²) < 4.78 is 4.94. The molecule has 0 saturated heterocycles. The molecule has 0 heterocycles. The number of hydrazine groups is 1. The van der Waals surface area contributed by atoms with Crippen molar-refractivity contribution in [3.63, 3.8) is 0 Å². The molecule has 8 nitrogen and oxygen atoms in total. The van der Waals surface area contributed by atoms with Crippen LogP contribution in [0.4, 0.5) is 5.69 Å². The van der Waals surface area contributed by atoms with Crippen LogP contribution < -0.4 is 15.6 Å². The van der Waals surface area contributed by atoms with Gasteiger partial charge in [-0.25, -0.2) is 0 Å². The molecule has 0 atom stereocenters. The maximum absolute atomic E-state index is 11.8. The number of ether oxygens (including phenoxy) is 1. The third-order valence-corrected chi connectivity index (χ3v) is 4.30. The van der Waals surface area contributed by atoms with Crippen molar-refractivity contribution in [2.75, 3.05) is 12.9 Å². The van der Waals surface area contributed by atoms with Gasteiger partial charge in [0.1, 0.15) is 0 Å². The van der Waals surface area contributed by atoms with E-state index in [9.17, 15) is 19.7 Å². The molecule has 9 heteroatoms. The Kier molecular flexibility index (Phi) is 6.98. The molecule has 2 N–H and O–H groups in total. The number of rotatable bonds is 7. The summed E-state index contributed by atoms with van der Waals surface area (Å²) in [4.78, 5) is 34.0. The van der Waals surface area contributed by atoms with Crippen molar-refractivity contribution in [3.8, 4) is 5.75 Å². The molecule has 0 aliphatic carbocycles. The van der Waals surface area contributed by atoms with Gasteiger partial charge in [0.05, 0.1) is 17.8 Å². The van der Waals surface area contributed by atoms with E-state index >= 15 is 0 Å². The zero-order valence-electron chi connectivity index (χ0n) is 13.9. The number of hydrogen-bond donors (Lipinski definition) is 2. The maximum atomic E-state index is 11.8. The molecule has 0 saturated carbocycles. The molecule has 2 rings (SSSR count). The number of nitro groups is 1. The van der Waals surface area contributed by atoms with Crippen molar-refractivity contribution < 1.29 is 19.2 Å². The lowest BCUT2D eigenvalue weighted by Crippen LogP contribution is -2.42. The molecule has 0 aliphatic rings. The van der Waals surface area contributed by atoms with Gasteiger partial charge in [-0.1, -0.05) is 24.3 Å². The van der Waals surface area contributed by atoms with Gasteiger partial charge < -0.3 is 4.74 Å². The molecule has 0 unspecified atom stereocenters. The van der Waals surface area contributed by atoms with Crippen LogP contribution in [0.15, 0.2) is 48.5 Å². The van der Waals surface area contributed by atoms with Crippen LogP contribution in [0.25, 0.3) is 0 Å².